The van der Waals surface area contributed by atoms with Crippen molar-refractivity contribution in [2.24, 2.45) is 5.92 Å². The first kappa shape index (κ1) is 26.4. The number of sulfonamides is 1. The van der Waals surface area contributed by atoms with E-state index >= 15 is 0 Å². The zero-order valence-corrected chi connectivity index (χ0v) is 21.8. The molecule has 0 aromatic carbocycles. The molecular weight excluding hydrogens is 502 g/mol. The maximum absolute atomic E-state index is 13.3. The van der Waals surface area contributed by atoms with E-state index in [4.69, 9.17) is 0 Å². The van der Waals surface area contributed by atoms with E-state index in [-0.39, 0.29) is 16.6 Å². The molecule has 2 amide bonds. The fourth-order valence-corrected chi connectivity index (χ4v) is 6.97. The lowest BCUT2D eigenvalue weighted by molar-refractivity contribution is -0.129. The van der Waals surface area contributed by atoms with Crippen LogP contribution in [0, 0.1) is 5.92 Å². The fraction of sp³-hybridized carbons (Fsp3) is 0.542. The van der Waals surface area contributed by atoms with E-state index in [0.29, 0.717) is 25.2 Å². The van der Waals surface area contributed by atoms with E-state index < -0.39 is 45.7 Å². The molecule has 2 fully saturated rings. The zero-order valence-electron chi connectivity index (χ0n) is 20.1. The summed E-state index contributed by atoms with van der Waals surface area (Å²) in [5, 5.41) is 7.46. The molecule has 0 bridgehead atoms. The van der Waals surface area contributed by atoms with Crippen LogP contribution in [0.5, 0.6) is 0 Å². The first-order valence-electron chi connectivity index (χ1n) is 12.2. The maximum Gasteiger partial charge on any atom is 0.280 e. The molecule has 2 aromatic heterocycles. The van der Waals surface area contributed by atoms with Gasteiger partial charge in [-0.15, -0.1) is 11.3 Å². The summed E-state index contributed by atoms with van der Waals surface area (Å²) in [6.07, 6.45) is 8.29. The molecule has 3 heterocycles. The Balaban J connectivity index is 1.46. The number of nitrogens with zero attached hydrogens (tertiary/aromatic N) is 3. The van der Waals surface area contributed by atoms with Crippen LogP contribution >= 0.6 is 11.3 Å². The van der Waals surface area contributed by atoms with E-state index in [9.17, 15) is 22.8 Å². The lowest BCUT2D eigenvalue weighted by atomic mass is 9.97. The number of nitrogens with one attached hydrogen (secondary N) is 2. The van der Waals surface area contributed by atoms with Gasteiger partial charge in [0, 0.05) is 23.8 Å². The van der Waals surface area contributed by atoms with Crippen molar-refractivity contribution >= 4 is 39.0 Å². The Morgan fingerprint density at radius 1 is 1.14 bits per heavy atom. The van der Waals surface area contributed by atoms with Crippen LogP contribution in [0.15, 0.2) is 41.0 Å². The zero-order chi connectivity index (χ0) is 25.7. The van der Waals surface area contributed by atoms with E-state index in [2.05, 4.69) is 20.6 Å². The normalized spacial score (nSPS) is 22.6. The number of thiazole rings is 1. The third kappa shape index (κ3) is 6.16. The lowest BCUT2D eigenvalue weighted by Gasteiger charge is -2.25. The molecule has 0 spiro atoms. The van der Waals surface area contributed by atoms with Crippen LogP contribution in [0.3, 0.4) is 0 Å². The van der Waals surface area contributed by atoms with Gasteiger partial charge in [-0.3, -0.25) is 14.4 Å². The molecule has 2 aliphatic rings. The summed E-state index contributed by atoms with van der Waals surface area (Å²) in [6.45, 7) is 1.39. The number of Topliss-reactive ketones (excluding diaryl/α,β-unsaturated/α-hetero) is 1. The van der Waals surface area contributed by atoms with Crippen LogP contribution in [0.4, 0.5) is 0 Å². The summed E-state index contributed by atoms with van der Waals surface area (Å²) in [5.41, 5.74) is 0. The van der Waals surface area contributed by atoms with Crippen molar-refractivity contribution in [1.29, 1.82) is 0 Å². The van der Waals surface area contributed by atoms with Crippen LogP contribution in [-0.2, 0) is 19.6 Å². The number of carbonyl (C=O) groups is 3. The standard InChI is InChI=1S/C24H31N5O5S2/c1-16-9-10-18(20(30)15-29(16)36(33,34)21-8-4-5-11-25-21)27-22(31)19(14-17-6-2-3-7-17)28-23(32)24-26-12-13-35-24/h4-5,8,11-13,16-19H,2-3,6-7,9-10,14-15H2,1H3,(H,27,31)(H,28,32)/t16-,18+,19+/m1/s1. The van der Waals surface area contributed by atoms with Crippen molar-refractivity contribution in [2.45, 2.75) is 75.0 Å². The Morgan fingerprint density at radius 2 is 1.92 bits per heavy atom. The van der Waals surface area contributed by atoms with Gasteiger partial charge in [0.05, 0.1) is 12.6 Å². The monoisotopic (exact) mass is 533 g/mol. The number of hydrogen-bond acceptors (Lipinski definition) is 8. The van der Waals surface area contributed by atoms with Crippen LogP contribution < -0.4 is 10.6 Å². The average molecular weight is 534 g/mol. The summed E-state index contributed by atoms with van der Waals surface area (Å²) in [7, 11) is -3.97. The van der Waals surface area contributed by atoms with Gasteiger partial charge in [0.25, 0.3) is 15.9 Å². The molecule has 36 heavy (non-hydrogen) atoms. The Morgan fingerprint density at radius 3 is 2.58 bits per heavy atom. The molecule has 1 aliphatic carbocycles. The van der Waals surface area contributed by atoms with Crippen molar-refractivity contribution in [3.8, 4) is 0 Å². The van der Waals surface area contributed by atoms with E-state index in [0.717, 1.165) is 30.0 Å². The highest BCUT2D eigenvalue weighted by molar-refractivity contribution is 7.89. The Labute approximate surface area is 215 Å². The van der Waals surface area contributed by atoms with Gasteiger partial charge in [-0.05, 0) is 44.2 Å². The number of rotatable bonds is 8. The van der Waals surface area contributed by atoms with Crippen molar-refractivity contribution in [3.05, 3.63) is 41.0 Å². The summed E-state index contributed by atoms with van der Waals surface area (Å²) < 4.78 is 27.4. The van der Waals surface area contributed by atoms with Crippen molar-refractivity contribution in [3.63, 3.8) is 0 Å². The first-order chi connectivity index (χ1) is 17.3. The molecule has 12 heteroatoms. The third-order valence-corrected chi connectivity index (χ3v) is 9.53. The van der Waals surface area contributed by atoms with Gasteiger partial charge in [0.2, 0.25) is 5.91 Å². The number of pyridine rings is 1. The largest absolute Gasteiger partial charge is 0.344 e. The van der Waals surface area contributed by atoms with Crippen LogP contribution in [0.2, 0.25) is 0 Å². The molecule has 2 N–H and O–H groups in total. The van der Waals surface area contributed by atoms with Crippen molar-refractivity contribution < 1.29 is 22.8 Å². The second-order valence-corrected chi connectivity index (χ2v) is 12.2. The van der Waals surface area contributed by atoms with Gasteiger partial charge in [-0.2, -0.15) is 4.31 Å². The molecule has 0 unspecified atom stereocenters. The maximum atomic E-state index is 13.3. The molecule has 4 rings (SSSR count). The molecule has 10 nitrogen and oxygen atoms in total. The van der Waals surface area contributed by atoms with Crippen molar-refractivity contribution in [2.75, 3.05) is 6.54 Å². The molecule has 1 saturated carbocycles. The lowest BCUT2D eigenvalue weighted by Crippen LogP contribution is -2.53. The topological polar surface area (TPSA) is 138 Å². The number of ketones is 1. The Bertz CT molecular complexity index is 1170. The quantitative estimate of drug-likeness (QED) is 0.530. The third-order valence-electron chi connectivity index (χ3n) is 6.88. The van der Waals surface area contributed by atoms with Gasteiger partial charge in [-0.1, -0.05) is 31.7 Å². The minimum atomic E-state index is -3.97. The number of aromatic nitrogens is 2. The van der Waals surface area contributed by atoms with E-state index in [1.54, 1.807) is 24.4 Å². The first-order valence-corrected chi connectivity index (χ1v) is 14.5. The highest BCUT2D eigenvalue weighted by Gasteiger charge is 2.38. The minimum Gasteiger partial charge on any atom is -0.344 e. The molecule has 0 radical (unpaired) electrons. The molecule has 3 atom stereocenters. The van der Waals surface area contributed by atoms with Crippen LogP contribution in [-0.4, -0.2) is 65.0 Å². The smallest absolute Gasteiger partial charge is 0.280 e. The Hall–Kier alpha value is -2.70. The van der Waals surface area contributed by atoms with Gasteiger partial charge in [-0.25, -0.2) is 18.4 Å². The van der Waals surface area contributed by atoms with Gasteiger partial charge in [0.15, 0.2) is 15.8 Å². The highest BCUT2D eigenvalue weighted by atomic mass is 32.2. The molecule has 1 aliphatic heterocycles. The van der Waals surface area contributed by atoms with Crippen molar-refractivity contribution in [1.82, 2.24) is 24.9 Å². The summed E-state index contributed by atoms with van der Waals surface area (Å²) in [5.74, 6) is -0.922. The van der Waals surface area contributed by atoms with E-state index in [1.807, 2.05) is 0 Å². The molecule has 194 valence electrons. The second-order valence-electron chi connectivity index (χ2n) is 9.42. The SMILES string of the molecule is C[C@@H]1CC[C@H](NC(=O)[C@H](CC2CCCC2)NC(=O)c2nccs2)C(=O)CN1S(=O)(=O)c1ccccn1. The number of amides is 2. The number of carbonyl (C=O) groups excluding carboxylic acids is 3. The van der Waals surface area contributed by atoms with Gasteiger partial charge in [0.1, 0.15) is 6.04 Å². The van der Waals surface area contributed by atoms with Gasteiger partial charge < -0.3 is 10.6 Å². The molecule has 1 saturated heterocycles. The van der Waals surface area contributed by atoms with Crippen LogP contribution in [0.25, 0.3) is 0 Å². The summed E-state index contributed by atoms with van der Waals surface area (Å²) in [4.78, 5) is 47.0. The van der Waals surface area contributed by atoms with Gasteiger partial charge >= 0.3 is 0 Å². The predicted octanol–water partition coefficient (Wildman–Crippen LogP) is 2.14. The average Bonchev–Trinajstić information content (AvgIpc) is 3.57. The fourth-order valence-electron chi connectivity index (χ4n) is 4.87. The minimum absolute atomic E-state index is 0.117. The van der Waals surface area contributed by atoms with E-state index in [1.165, 1.54) is 29.8 Å². The number of hydrogen-bond donors (Lipinski definition) is 2. The van der Waals surface area contributed by atoms with Crippen LogP contribution in [0.1, 0.15) is 61.7 Å². The molecular formula is C24H31N5O5S2. The second kappa shape index (κ2) is 11.6. The predicted molar refractivity (Wildman–Crippen MR) is 134 cm³/mol. The Kier molecular flexibility index (Phi) is 8.47. The summed E-state index contributed by atoms with van der Waals surface area (Å²) in [6, 6.07) is 2.52. The highest BCUT2D eigenvalue weighted by Crippen LogP contribution is 2.29. The summed E-state index contributed by atoms with van der Waals surface area (Å²) >= 11 is 1.19. The molecule has 2 aromatic rings.